The van der Waals surface area contributed by atoms with Crippen LogP contribution >= 0.6 is 0 Å². The molecular weight excluding hydrogens is 148 g/mol. The lowest BCUT2D eigenvalue weighted by atomic mass is 10.1. The van der Waals surface area contributed by atoms with Gasteiger partial charge >= 0.3 is 0 Å². The fourth-order valence-electron chi connectivity index (χ4n) is 1.46. The van der Waals surface area contributed by atoms with E-state index in [2.05, 4.69) is 32.3 Å². The van der Waals surface area contributed by atoms with E-state index in [9.17, 15) is 0 Å². The van der Waals surface area contributed by atoms with E-state index in [4.69, 9.17) is 5.73 Å². The molecule has 0 aliphatic heterocycles. The molecule has 0 rings (SSSR count). The number of hydrogen-bond acceptors (Lipinski definition) is 2. The van der Waals surface area contributed by atoms with Gasteiger partial charge in [0.2, 0.25) is 0 Å². The first kappa shape index (κ1) is 11.7. The molecule has 0 heterocycles. The van der Waals surface area contributed by atoms with Gasteiger partial charge < -0.3 is 5.73 Å². The van der Waals surface area contributed by atoms with Crippen LogP contribution in [0.5, 0.6) is 0 Å². The molecule has 0 aromatic carbocycles. The maximum atomic E-state index is 5.51. The summed E-state index contributed by atoms with van der Waals surface area (Å²) in [6.07, 6.45) is 3.01. The lowest BCUT2D eigenvalue weighted by Crippen LogP contribution is -2.39. The molecule has 0 aliphatic rings. The van der Waals surface area contributed by atoms with Gasteiger partial charge in [0.15, 0.2) is 0 Å². The Morgan fingerprint density at radius 2 is 2.00 bits per heavy atom. The summed E-state index contributed by atoms with van der Waals surface area (Å²) in [5.74, 6) is 0. The monoisotopic (exact) mass is 170 g/mol. The highest BCUT2D eigenvalue weighted by Crippen LogP contribution is 2.07. The molecule has 2 nitrogen and oxygen atoms in total. The van der Waals surface area contributed by atoms with E-state index < -0.39 is 0 Å². The molecule has 1 atom stereocenters. The number of nitrogens with zero attached hydrogens (tertiary/aromatic N) is 1. The van der Waals surface area contributed by atoms with E-state index in [0.29, 0.717) is 12.1 Å². The summed E-state index contributed by atoms with van der Waals surface area (Å²) in [6, 6.07) is 1.14. The van der Waals surface area contributed by atoms with E-state index in [1.165, 1.54) is 0 Å². The van der Waals surface area contributed by atoms with Gasteiger partial charge in [0.1, 0.15) is 0 Å². The zero-order valence-corrected chi connectivity index (χ0v) is 8.59. The van der Waals surface area contributed by atoms with Crippen molar-refractivity contribution in [1.29, 1.82) is 0 Å². The SMILES string of the molecule is C=CCN(C(C)C)C(C)CCN. The lowest BCUT2D eigenvalue weighted by Gasteiger charge is -2.31. The van der Waals surface area contributed by atoms with Crippen LogP contribution in [0.4, 0.5) is 0 Å². The Kier molecular flexibility index (Phi) is 6.03. The van der Waals surface area contributed by atoms with Gasteiger partial charge in [-0.05, 0) is 33.7 Å². The third-order valence-corrected chi connectivity index (χ3v) is 2.15. The van der Waals surface area contributed by atoms with E-state index in [-0.39, 0.29) is 0 Å². The standard InChI is InChI=1S/C10H22N2/c1-5-8-12(9(2)3)10(4)6-7-11/h5,9-10H,1,6-8,11H2,2-4H3. The van der Waals surface area contributed by atoms with Crippen LogP contribution in [0.15, 0.2) is 12.7 Å². The highest BCUT2D eigenvalue weighted by molar-refractivity contribution is 4.79. The average molecular weight is 170 g/mol. The van der Waals surface area contributed by atoms with Crippen molar-refractivity contribution in [3.63, 3.8) is 0 Å². The Morgan fingerprint density at radius 1 is 1.42 bits per heavy atom. The summed E-state index contributed by atoms with van der Waals surface area (Å²) in [5.41, 5.74) is 5.51. The van der Waals surface area contributed by atoms with E-state index >= 15 is 0 Å². The minimum atomic E-state index is 0.563. The van der Waals surface area contributed by atoms with Gasteiger partial charge in [-0.15, -0.1) is 6.58 Å². The van der Waals surface area contributed by atoms with Crippen LogP contribution in [0.25, 0.3) is 0 Å². The summed E-state index contributed by atoms with van der Waals surface area (Å²) in [7, 11) is 0. The van der Waals surface area contributed by atoms with Crippen LogP contribution in [-0.2, 0) is 0 Å². The van der Waals surface area contributed by atoms with Gasteiger partial charge in [-0.3, -0.25) is 4.90 Å². The van der Waals surface area contributed by atoms with Crippen molar-refractivity contribution in [1.82, 2.24) is 4.90 Å². The third-order valence-electron chi connectivity index (χ3n) is 2.15. The molecular formula is C10H22N2. The minimum Gasteiger partial charge on any atom is -0.330 e. The van der Waals surface area contributed by atoms with Crippen molar-refractivity contribution < 1.29 is 0 Å². The molecule has 0 saturated carbocycles. The maximum Gasteiger partial charge on any atom is 0.0166 e. The first-order valence-electron chi connectivity index (χ1n) is 4.70. The largest absolute Gasteiger partial charge is 0.330 e. The second-order valence-corrected chi connectivity index (χ2v) is 3.51. The number of rotatable bonds is 6. The van der Waals surface area contributed by atoms with Crippen LogP contribution < -0.4 is 5.73 Å². The molecule has 0 fully saturated rings. The number of hydrogen-bond donors (Lipinski definition) is 1. The Bertz CT molecular complexity index is 121. The van der Waals surface area contributed by atoms with Gasteiger partial charge in [-0.1, -0.05) is 6.08 Å². The zero-order chi connectivity index (χ0) is 9.56. The smallest absolute Gasteiger partial charge is 0.0166 e. The van der Waals surface area contributed by atoms with Gasteiger partial charge in [0, 0.05) is 18.6 Å². The van der Waals surface area contributed by atoms with Crippen molar-refractivity contribution >= 4 is 0 Å². The Balaban J connectivity index is 3.98. The molecule has 0 aliphatic carbocycles. The van der Waals surface area contributed by atoms with Crippen molar-refractivity contribution in [2.75, 3.05) is 13.1 Å². The van der Waals surface area contributed by atoms with Gasteiger partial charge in [-0.25, -0.2) is 0 Å². The molecule has 0 spiro atoms. The molecule has 1 unspecified atom stereocenters. The minimum absolute atomic E-state index is 0.563. The van der Waals surface area contributed by atoms with Crippen molar-refractivity contribution in [2.24, 2.45) is 5.73 Å². The first-order chi connectivity index (χ1) is 5.63. The molecule has 0 radical (unpaired) electrons. The van der Waals surface area contributed by atoms with Crippen LogP contribution in [0, 0.1) is 0 Å². The van der Waals surface area contributed by atoms with Crippen LogP contribution in [0.3, 0.4) is 0 Å². The molecule has 0 aromatic rings. The number of nitrogens with two attached hydrogens (primary N) is 1. The summed E-state index contributed by atoms with van der Waals surface area (Å²) in [5, 5.41) is 0. The maximum absolute atomic E-state index is 5.51. The quantitative estimate of drug-likeness (QED) is 0.614. The molecule has 0 aromatic heterocycles. The average Bonchev–Trinajstić information content (AvgIpc) is 1.99. The topological polar surface area (TPSA) is 29.3 Å². The van der Waals surface area contributed by atoms with Crippen LogP contribution in [0.2, 0.25) is 0 Å². The summed E-state index contributed by atoms with van der Waals surface area (Å²) in [4.78, 5) is 2.40. The molecule has 0 saturated heterocycles. The Labute approximate surface area is 76.4 Å². The Morgan fingerprint density at radius 3 is 2.33 bits per heavy atom. The summed E-state index contributed by atoms with van der Waals surface area (Å²) in [6.45, 7) is 12.1. The lowest BCUT2D eigenvalue weighted by molar-refractivity contribution is 0.177. The fourth-order valence-corrected chi connectivity index (χ4v) is 1.46. The van der Waals surface area contributed by atoms with Crippen LogP contribution in [0.1, 0.15) is 27.2 Å². The second-order valence-electron chi connectivity index (χ2n) is 3.51. The molecule has 2 heteroatoms. The first-order valence-corrected chi connectivity index (χ1v) is 4.70. The second kappa shape index (κ2) is 6.21. The van der Waals surface area contributed by atoms with Gasteiger partial charge in [0.05, 0.1) is 0 Å². The Hall–Kier alpha value is -0.340. The molecule has 0 amide bonds. The normalized spacial score (nSPS) is 13.8. The molecule has 12 heavy (non-hydrogen) atoms. The van der Waals surface area contributed by atoms with Crippen molar-refractivity contribution in [3.8, 4) is 0 Å². The van der Waals surface area contributed by atoms with Crippen molar-refractivity contribution in [2.45, 2.75) is 39.3 Å². The highest BCUT2D eigenvalue weighted by atomic mass is 15.2. The third kappa shape index (κ3) is 3.88. The predicted octanol–water partition coefficient (Wildman–Crippen LogP) is 1.62. The van der Waals surface area contributed by atoms with Gasteiger partial charge in [-0.2, -0.15) is 0 Å². The summed E-state index contributed by atoms with van der Waals surface area (Å²) < 4.78 is 0. The van der Waals surface area contributed by atoms with Gasteiger partial charge in [0.25, 0.3) is 0 Å². The predicted molar refractivity (Wildman–Crippen MR) is 55.2 cm³/mol. The molecule has 2 N–H and O–H groups in total. The van der Waals surface area contributed by atoms with E-state index in [1.807, 2.05) is 6.08 Å². The van der Waals surface area contributed by atoms with Crippen LogP contribution in [-0.4, -0.2) is 30.1 Å². The zero-order valence-electron chi connectivity index (χ0n) is 8.59. The van der Waals surface area contributed by atoms with Crippen molar-refractivity contribution in [3.05, 3.63) is 12.7 Å². The van der Waals surface area contributed by atoms with E-state index in [1.54, 1.807) is 0 Å². The van der Waals surface area contributed by atoms with E-state index in [0.717, 1.165) is 19.5 Å². The highest BCUT2D eigenvalue weighted by Gasteiger charge is 2.14. The fraction of sp³-hybridized carbons (Fsp3) is 0.800. The summed E-state index contributed by atoms with van der Waals surface area (Å²) >= 11 is 0. The molecule has 72 valence electrons. The molecule has 0 bridgehead atoms.